The van der Waals surface area contributed by atoms with Gasteiger partial charge in [-0.3, -0.25) is 4.79 Å². The van der Waals surface area contributed by atoms with E-state index in [9.17, 15) is 4.79 Å². The fraction of sp³-hybridized carbons (Fsp3) is 0.636. The lowest BCUT2D eigenvalue weighted by atomic mass is 10.2. The molecule has 5 heteroatoms. The Morgan fingerprint density at radius 2 is 2.12 bits per heavy atom. The maximum absolute atomic E-state index is 10.6. The minimum Gasteiger partial charge on any atom is -0.481 e. The highest BCUT2D eigenvalue weighted by Crippen LogP contribution is 2.27. The Bertz CT molecular complexity index is 361. The van der Waals surface area contributed by atoms with Gasteiger partial charge in [0.05, 0.1) is 12.1 Å². The second kappa shape index (κ2) is 5.84. The number of carbonyl (C=O) groups is 1. The summed E-state index contributed by atoms with van der Waals surface area (Å²) in [5.41, 5.74) is 1.07. The first kappa shape index (κ1) is 13.0. The summed E-state index contributed by atoms with van der Waals surface area (Å²) in [4.78, 5) is 18.2. The van der Waals surface area contributed by atoms with Crippen molar-refractivity contribution in [2.75, 3.05) is 19.0 Å². The van der Waals surface area contributed by atoms with Gasteiger partial charge < -0.3 is 10.0 Å². The fourth-order valence-corrected chi connectivity index (χ4v) is 2.44. The van der Waals surface area contributed by atoms with E-state index in [2.05, 4.69) is 11.9 Å². The number of nitrogens with zero attached hydrogens (tertiary/aromatic N) is 2. The average molecular weight is 242 g/mol. The van der Waals surface area contributed by atoms with Gasteiger partial charge in [-0.2, -0.15) is 0 Å². The van der Waals surface area contributed by atoms with Crippen LogP contribution in [0.1, 0.15) is 30.3 Å². The van der Waals surface area contributed by atoms with Crippen molar-refractivity contribution >= 4 is 22.4 Å². The molecular weight excluding hydrogens is 224 g/mol. The summed E-state index contributed by atoms with van der Waals surface area (Å²) in [6.07, 6.45) is 2.75. The monoisotopic (exact) mass is 242 g/mol. The number of carboxylic acids is 1. The summed E-state index contributed by atoms with van der Waals surface area (Å²) in [6.45, 7) is 2.11. The molecule has 0 aromatic carbocycles. The van der Waals surface area contributed by atoms with Crippen molar-refractivity contribution in [1.82, 2.24) is 4.98 Å². The second-order valence-electron chi connectivity index (χ2n) is 3.90. The lowest BCUT2D eigenvalue weighted by Gasteiger charge is -2.05. The van der Waals surface area contributed by atoms with Gasteiger partial charge in [0.2, 0.25) is 0 Å². The molecule has 0 aliphatic rings. The van der Waals surface area contributed by atoms with Crippen molar-refractivity contribution in [3.63, 3.8) is 0 Å². The van der Waals surface area contributed by atoms with E-state index in [1.165, 1.54) is 0 Å². The van der Waals surface area contributed by atoms with E-state index >= 15 is 0 Å². The molecule has 0 aliphatic carbocycles. The van der Waals surface area contributed by atoms with Crippen LogP contribution in [0.2, 0.25) is 0 Å². The van der Waals surface area contributed by atoms with Gasteiger partial charge in [-0.1, -0.05) is 13.3 Å². The van der Waals surface area contributed by atoms with Gasteiger partial charge in [0.1, 0.15) is 0 Å². The number of carboxylic acid groups (broad SMARTS) is 1. The third-order valence-corrected chi connectivity index (χ3v) is 3.53. The van der Waals surface area contributed by atoms with Gasteiger partial charge in [0, 0.05) is 19.0 Å². The standard InChI is InChI=1S/C11H18N2O2S/c1-4-5-8-9(6-7-10(14)15)16-11(12-8)13(2)3/h4-7H2,1-3H3,(H,14,15). The Hall–Kier alpha value is -1.10. The quantitative estimate of drug-likeness (QED) is 0.830. The molecule has 90 valence electrons. The molecule has 0 atom stereocenters. The molecule has 16 heavy (non-hydrogen) atoms. The van der Waals surface area contributed by atoms with Crippen molar-refractivity contribution in [3.05, 3.63) is 10.6 Å². The number of rotatable bonds is 6. The predicted molar refractivity (Wildman–Crippen MR) is 66.4 cm³/mol. The van der Waals surface area contributed by atoms with Crippen LogP contribution in [0.3, 0.4) is 0 Å². The lowest BCUT2D eigenvalue weighted by molar-refractivity contribution is -0.136. The highest BCUT2D eigenvalue weighted by atomic mass is 32.1. The van der Waals surface area contributed by atoms with Crippen LogP contribution in [-0.4, -0.2) is 30.2 Å². The Morgan fingerprint density at radius 1 is 1.44 bits per heavy atom. The summed E-state index contributed by atoms with van der Waals surface area (Å²) in [5.74, 6) is -0.748. The molecule has 1 heterocycles. The van der Waals surface area contributed by atoms with E-state index in [1.807, 2.05) is 19.0 Å². The van der Waals surface area contributed by atoms with E-state index in [1.54, 1.807) is 11.3 Å². The predicted octanol–water partition coefficient (Wildman–Crippen LogP) is 2.18. The Balaban J connectivity index is 2.82. The van der Waals surface area contributed by atoms with Gasteiger partial charge >= 0.3 is 5.97 Å². The first-order valence-corrected chi connectivity index (χ1v) is 6.24. The SMILES string of the molecule is CCCc1nc(N(C)C)sc1CCC(=O)O. The molecule has 0 saturated carbocycles. The minimum absolute atomic E-state index is 0.186. The topological polar surface area (TPSA) is 53.4 Å². The molecule has 0 saturated heterocycles. The van der Waals surface area contributed by atoms with Crippen LogP contribution in [0.4, 0.5) is 5.13 Å². The van der Waals surface area contributed by atoms with Crippen LogP contribution in [0.25, 0.3) is 0 Å². The van der Waals surface area contributed by atoms with Crippen LogP contribution in [0.15, 0.2) is 0 Å². The number of aliphatic carboxylic acids is 1. The molecule has 0 amide bonds. The van der Waals surface area contributed by atoms with E-state index in [-0.39, 0.29) is 6.42 Å². The third-order valence-electron chi connectivity index (χ3n) is 2.20. The van der Waals surface area contributed by atoms with E-state index in [0.717, 1.165) is 28.5 Å². The van der Waals surface area contributed by atoms with Crippen molar-refractivity contribution in [3.8, 4) is 0 Å². The van der Waals surface area contributed by atoms with Crippen LogP contribution in [-0.2, 0) is 17.6 Å². The first-order chi connectivity index (χ1) is 7.54. The Kier molecular flexibility index (Phi) is 4.73. The molecular formula is C11H18N2O2S. The van der Waals surface area contributed by atoms with Crippen LogP contribution in [0, 0.1) is 0 Å². The normalized spacial score (nSPS) is 10.4. The number of thiazole rings is 1. The van der Waals surface area contributed by atoms with Crippen molar-refractivity contribution in [1.29, 1.82) is 0 Å². The van der Waals surface area contributed by atoms with E-state index in [4.69, 9.17) is 5.11 Å². The highest BCUT2D eigenvalue weighted by molar-refractivity contribution is 7.15. The van der Waals surface area contributed by atoms with Gasteiger partial charge in [-0.15, -0.1) is 11.3 Å². The van der Waals surface area contributed by atoms with Gasteiger partial charge in [0.15, 0.2) is 5.13 Å². The van der Waals surface area contributed by atoms with Gasteiger partial charge in [0.25, 0.3) is 0 Å². The second-order valence-corrected chi connectivity index (χ2v) is 4.97. The zero-order valence-corrected chi connectivity index (χ0v) is 10.8. The highest BCUT2D eigenvalue weighted by Gasteiger charge is 2.12. The molecule has 4 nitrogen and oxygen atoms in total. The number of aryl methyl sites for hydroxylation is 2. The van der Waals surface area contributed by atoms with Crippen LogP contribution < -0.4 is 4.90 Å². The fourth-order valence-electron chi connectivity index (χ4n) is 1.41. The van der Waals surface area contributed by atoms with Crippen molar-refractivity contribution in [2.24, 2.45) is 0 Å². The first-order valence-electron chi connectivity index (χ1n) is 5.42. The molecule has 1 aromatic heterocycles. The van der Waals surface area contributed by atoms with Gasteiger partial charge in [-0.05, 0) is 12.8 Å². The summed E-state index contributed by atoms with van der Waals surface area (Å²) in [7, 11) is 3.91. The lowest BCUT2D eigenvalue weighted by Crippen LogP contribution is -2.07. The maximum Gasteiger partial charge on any atom is 0.303 e. The van der Waals surface area contributed by atoms with Crippen LogP contribution in [0.5, 0.6) is 0 Å². The zero-order valence-electron chi connectivity index (χ0n) is 9.99. The smallest absolute Gasteiger partial charge is 0.303 e. The Morgan fingerprint density at radius 3 is 2.62 bits per heavy atom. The number of aromatic nitrogens is 1. The average Bonchev–Trinajstić information content (AvgIpc) is 2.59. The minimum atomic E-state index is -0.748. The summed E-state index contributed by atoms with van der Waals surface area (Å²) in [6, 6.07) is 0. The summed E-state index contributed by atoms with van der Waals surface area (Å²) < 4.78 is 0. The Labute approximate surface area is 99.9 Å². The van der Waals surface area contributed by atoms with E-state index in [0.29, 0.717) is 6.42 Å². The summed E-state index contributed by atoms with van der Waals surface area (Å²) >= 11 is 1.60. The maximum atomic E-state index is 10.6. The van der Waals surface area contributed by atoms with Crippen molar-refractivity contribution in [2.45, 2.75) is 32.6 Å². The van der Waals surface area contributed by atoms with Gasteiger partial charge in [-0.25, -0.2) is 4.98 Å². The molecule has 1 aromatic rings. The number of hydrogen-bond acceptors (Lipinski definition) is 4. The molecule has 0 aliphatic heterocycles. The zero-order chi connectivity index (χ0) is 12.1. The molecule has 0 bridgehead atoms. The number of anilines is 1. The molecule has 0 unspecified atom stereocenters. The largest absolute Gasteiger partial charge is 0.481 e. The summed E-state index contributed by atoms with van der Waals surface area (Å²) in [5, 5.41) is 9.65. The molecule has 0 radical (unpaired) electrons. The van der Waals surface area contributed by atoms with E-state index < -0.39 is 5.97 Å². The molecule has 0 spiro atoms. The van der Waals surface area contributed by atoms with Crippen molar-refractivity contribution < 1.29 is 9.90 Å². The third kappa shape index (κ3) is 3.48. The molecule has 1 rings (SSSR count). The molecule has 0 fully saturated rings. The van der Waals surface area contributed by atoms with Crippen LogP contribution >= 0.6 is 11.3 Å². The molecule has 1 N–H and O–H groups in total. The number of hydrogen-bond donors (Lipinski definition) is 1.